The molecule has 0 fully saturated rings. The van der Waals surface area contributed by atoms with Gasteiger partial charge in [0.15, 0.2) is 0 Å². The molecule has 0 saturated heterocycles. The molecule has 16 heavy (non-hydrogen) atoms. The summed E-state index contributed by atoms with van der Waals surface area (Å²) in [6.45, 7) is 5.13. The van der Waals surface area contributed by atoms with Gasteiger partial charge in [0.2, 0.25) is 0 Å². The molecular formula is C12H15O3P. The second-order valence-corrected chi connectivity index (χ2v) is 4.05. The number of hydrogen-bond donors (Lipinski definition) is 0. The lowest BCUT2D eigenvalue weighted by Gasteiger charge is -2.21. The highest BCUT2D eigenvalue weighted by atomic mass is 31.2. The molecule has 3 atom stereocenters. The molecule has 0 aliphatic carbocycles. The third-order valence-electron chi connectivity index (χ3n) is 1.44. The summed E-state index contributed by atoms with van der Waals surface area (Å²) in [7, 11) is -1.62. The van der Waals surface area contributed by atoms with Crippen molar-refractivity contribution in [1.29, 1.82) is 0 Å². The van der Waals surface area contributed by atoms with Gasteiger partial charge in [-0.05, 0) is 20.8 Å². The molecule has 0 aromatic carbocycles. The summed E-state index contributed by atoms with van der Waals surface area (Å²) >= 11 is 0. The van der Waals surface area contributed by atoms with Crippen molar-refractivity contribution < 1.29 is 13.6 Å². The van der Waals surface area contributed by atoms with E-state index in [0.717, 1.165) is 0 Å². The number of hydrogen-bond acceptors (Lipinski definition) is 3. The first-order valence-electron chi connectivity index (χ1n) is 4.72. The lowest BCUT2D eigenvalue weighted by Crippen LogP contribution is -2.12. The van der Waals surface area contributed by atoms with E-state index in [1.807, 2.05) is 0 Å². The number of rotatable bonds is 6. The Morgan fingerprint density at radius 3 is 1.19 bits per heavy atom. The average molecular weight is 238 g/mol. The highest BCUT2D eigenvalue weighted by Gasteiger charge is 2.20. The summed E-state index contributed by atoms with van der Waals surface area (Å²) in [6.07, 6.45) is 14.3. The van der Waals surface area contributed by atoms with Crippen molar-refractivity contribution in [2.45, 2.75) is 39.1 Å². The molecule has 0 aromatic rings. The normalized spacial score (nSPS) is 17.2. The second kappa shape index (κ2) is 8.18. The fourth-order valence-corrected chi connectivity index (χ4v) is 1.66. The Bertz CT molecular complexity index is 268. The van der Waals surface area contributed by atoms with Crippen LogP contribution in [0.3, 0.4) is 0 Å². The van der Waals surface area contributed by atoms with Gasteiger partial charge in [-0.2, -0.15) is 0 Å². The minimum absolute atomic E-state index is 0.416. The second-order valence-electron chi connectivity index (χ2n) is 2.97. The van der Waals surface area contributed by atoms with Crippen LogP contribution in [-0.2, 0) is 13.6 Å². The van der Waals surface area contributed by atoms with Crippen molar-refractivity contribution >= 4 is 8.60 Å². The van der Waals surface area contributed by atoms with Gasteiger partial charge in [0.1, 0.15) is 18.3 Å². The van der Waals surface area contributed by atoms with Gasteiger partial charge in [-0.25, -0.2) is 0 Å². The molecule has 0 amide bonds. The van der Waals surface area contributed by atoms with E-state index in [-0.39, 0.29) is 0 Å². The van der Waals surface area contributed by atoms with Crippen molar-refractivity contribution in [2.24, 2.45) is 0 Å². The molecule has 0 bridgehead atoms. The van der Waals surface area contributed by atoms with Gasteiger partial charge < -0.3 is 0 Å². The molecular weight excluding hydrogens is 223 g/mol. The maximum Gasteiger partial charge on any atom is 0.336 e. The zero-order chi connectivity index (χ0) is 12.6. The van der Waals surface area contributed by atoms with Crippen LogP contribution in [0.25, 0.3) is 0 Å². The highest BCUT2D eigenvalue weighted by Crippen LogP contribution is 2.43. The third-order valence-corrected chi connectivity index (χ3v) is 2.90. The molecule has 86 valence electrons. The summed E-state index contributed by atoms with van der Waals surface area (Å²) in [4.78, 5) is 0. The Balaban J connectivity index is 4.35. The first-order valence-corrected chi connectivity index (χ1v) is 5.81. The topological polar surface area (TPSA) is 27.7 Å². The molecule has 0 rings (SSSR count). The van der Waals surface area contributed by atoms with Crippen LogP contribution < -0.4 is 0 Å². The fourth-order valence-electron chi connectivity index (χ4n) is 0.553. The van der Waals surface area contributed by atoms with Crippen LogP contribution in [0, 0.1) is 37.0 Å². The lowest BCUT2D eigenvalue weighted by atomic mass is 10.4. The molecule has 0 N–H and O–H groups in total. The van der Waals surface area contributed by atoms with Crippen molar-refractivity contribution in [3.63, 3.8) is 0 Å². The minimum Gasteiger partial charge on any atom is -0.296 e. The van der Waals surface area contributed by atoms with Crippen LogP contribution in [-0.4, -0.2) is 18.3 Å². The third kappa shape index (κ3) is 6.47. The summed E-state index contributed by atoms with van der Waals surface area (Å²) in [5.74, 6) is 7.23. The lowest BCUT2D eigenvalue weighted by molar-refractivity contribution is 0.124. The molecule has 3 nitrogen and oxygen atoms in total. The van der Waals surface area contributed by atoms with Crippen LogP contribution in [0.5, 0.6) is 0 Å². The van der Waals surface area contributed by atoms with Crippen molar-refractivity contribution in [2.75, 3.05) is 0 Å². The first-order chi connectivity index (χ1) is 7.53. The molecule has 0 heterocycles. The van der Waals surface area contributed by atoms with Gasteiger partial charge in [-0.3, -0.25) is 13.6 Å². The maximum absolute atomic E-state index is 5.34. The molecule has 0 saturated carbocycles. The quantitative estimate of drug-likeness (QED) is 0.525. The van der Waals surface area contributed by atoms with Gasteiger partial charge in [-0.1, -0.05) is 17.8 Å². The van der Waals surface area contributed by atoms with E-state index in [0.29, 0.717) is 0 Å². The van der Waals surface area contributed by atoms with Crippen LogP contribution in [0.4, 0.5) is 0 Å². The van der Waals surface area contributed by atoms with E-state index in [9.17, 15) is 0 Å². The molecule has 0 spiro atoms. The summed E-state index contributed by atoms with van der Waals surface area (Å²) < 4.78 is 16.0. The smallest absolute Gasteiger partial charge is 0.296 e. The fraction of sp³-hybridized carbons (Fsp3) is 0.500. The largest absolute Gasteiger partial charge is 0.336 e. The van der Waals surface area contributed by atoms with Crippen LogP contribution in [0.2, 0.25) is 0 Å². The van der Waals surface area contributed by atoms with Gasteiger partial charge in [0, 0.05) is 0 Å². The molecule has 0 radical (unpaired) electrons. The van der Waals surface area contributed by atoms with Crippen molar-refractivity contribution in [1.82, 2.24) is 0 Å². The van der Waals surface area contributed by atoms with Gasteiger partial charge in [-0.15, -0.1) is 19.3 Å². The molecule has 4 heteroatoms. The standard InChI is InChI=1S/C12H15O3P/c1-7-10(4)13-16(14-11(5)8-2)15-12(6)9-3/h1-3,10-12H,4-6H3. The van der Waals surface area contributed by atoms with Gasteiger partial charge in [0.25, 0.3) is 0 Å². The summed E-state index contributed by atoms with van der Waals surface area (Å²) in [5, 5.41) is 0. The number of terminal acetylenes is 3. The maximum atomic E-state index is 5.34. The predicted octanol–water partition coefficient (Wildman–Crippen LogP) is 2.33. The van der Waals surface area contributed by atoms with E-state index in [2.05, 4.69) is 17.8 Å². The highest BCUT2D eigenvalue weighted by molar-refractivity contribution is 7.41. The molecule has 0 aliphatic rings. The zero-order valence-corrected chi connectivity index (χ0v) is 10.5. The Kier molecular flexibility index (Phi) is 7.66. The SMILES string of the molecule is C#CC(C)OP(OC(C)C#C)OC(C)C#C. The van der Waals surface area contributed by atoms with E-state index in [1.54, 1.807) is 20.8 Å². The van der Waals surface area contributed by atoms with Crippen LogP contribution >= 0.6 is 8.60 Å². The van der Waals surface area contributed by atoms with Gasteiger partial charge >= 0.3 is 8.60 Å². The predicted molar refractivity (Wildman–Crippen MR) is 65.1 cm³/mol. The van der Waals surface area contributed by atoms with Gasteiger partial charge in [0.05, 0.1) is 0 Å². The van der Waals surface area contributed by atoms with E-state index >= 15 is 0 Å². The average Bonchev–Trinajstić information content (AvgIpc) is 2.28. The molecule has 3 unspecified atom stereocenters. The zero-order valence-electron chi connectivity index (χ0n) is 9.64. The van der Waals surface area contributed by atoms with Crippen LogP contribution in [0.1, 0.15) is 20.8 Å². The first kappa shape index (κ1) is 15.0. The van der Waals surface area contributed by atoms with E-state index in [4.69, 9.17) is 32.8 Å². The van der Waals surface area contributed by atoms with E-state index in [1.165, 1.54) is 0 Å². The Morgan fingerprint density at radius 1 is 0.750 bits per heavy atom. The Morgan fingerprint density at radius 2 is 1.00 bits per heavy atom. The minimum atomic E-state index is -1.62. The Hall–Kier alpha value is -1.01. The Labute approximate surface area is 98.9 Å². The summed E-state index contributed by atoms with van der Waals surface area (Å²) in [5.41, 5.74) is 0. The summed E-state index contributed by atoms with van der Waals surface area (Å²) in [6, 6.07) is 0. The van der Waals surface area contributed by atoms with Crippen molar-refractivity contribution in [3.8, 4) is 37.0 Å². The molecule has 0 aliphatic heterocycles. The van der Waals surface area contributed by atoms with Crippen molar-refractivity contribution in [3.05, 3.63) is 0 Å². The van der Waals surface area contributed by atoms with Crippen LogP contribution in [0.15, 0.2) is 0 Å². The van der Waals surface area contributed by atoms with E-state index < -0.39 is 26.9 Å². The molecule has 0 aromatic heterocycles. The monoisotopic (exact) mass is 238 g/mol.